The average molecular weight is 279 g/mol. The number of hydrogen-bond acceptors (Lipinski definition) is 5. The minimum atomic E-state index is -0.231. The molecule has 0 bridgehead atoms. The number of hydrogen-bond donors (Lipinski definition) is 0. The highest BCUT2D eigenvalue weighted by Gasteiger charge is 2.19. The quantitative estimate of drug-likeness (QED) is 0.788. The second-order valence-electron chi connectivity index (χ2n) is 4.32. The van der Waals surface area contributed by atoms with Crippen LogP contribution in [0.5, 0.6) is 0 Å². The van der Waals surface area contributed by atoms with Crippen LogP contribution in [0.1, 0.15) is 5.56 Å². The van der Waals surface area contributed by atoms with Gasteiger partial charge in [-0.2, -0.15) is 5.10 Å². The Morgan fingerprint density at radius 2 is 1.84 bits per heavy atom. The first-order valence-corrected chi connectivity index (χ1v) is 7.17. The fourth-order valence-corrected chi connectivity index (χ4v) is 2.94. The molecule has 0 radical (unpaired) electrons. The predicted molar refractivity (Wildman–Crippen MR) is 75.2 cm³/mol. The third kappa shape index (κ3) is 2.96. The molecule has 0 amide bonds. The number of thioether (sulfide) groups is 1. The molecule has 19 heavy (non-hydrogen) atoms. The molecule has 2 aliphatic rings. The Kier molecular flexibility index (Phi) is 3.79. The standard InChI is InChI=1S/C13H14FN3OS/c14-11-3-1-10(2-4-11)12-9-19-13(16-15-12)17-5-7-18-8-6-17/h1-4H,5-9H2. The van der Waals surface area contributed by atoms with Crippen molar-refractivity contribution in [1.82, 2.24) is 4.90 Å². The Morgan fingerprint density at radius 1 is 1.11 bits per heavy atom. The van der Waals surface area contributed by atoms with E-state index in [0.29, 0.717) is 0 Å². The molecule has 1 saturated heterocycles. The van der Waals surface area contributed by atoms with Crippen molar-refractivity contribution >= 4 is 22.6 Å². The number of halogens is 1. The lowest BCUT2D eigenvalue weighted by atomic mass is 10.1. The summed E-state index contributed by atoms with van der Waals surface area (Å²) in [5.74, 6) is 0.535. The SMILES string of the molecule is Fc1ccc(C2=NN=C(N3CCOCC3)SC2)cc1. The monoisotopic (exact) mass is 279 g/mol. The average Bonchev–Trinajstić information content (AvgIpc) is 2.49. The van der Waals surface area contributed by atoms with E-state index in [2.05, 4.69) is 15.1 Å². The maximum Gasteiger partial charge on any atom is 0.186 e. The van der Waals surface area contributed by atoms with Gasteiger partial charge >= 0.3 is 0 Å². The smallest absolute Gasteiger partial charge is 0.186 e. The van der Waals surface area contributed by atoms with Crippen LogP contribution in [0.3, 0.4) is 0 Å². The lowest BCUT2D eigenvalue weighted by molar-refractivity contribution is 0.0692. The van der Waals surface area contributed by atoms with Gasteiger partial charge in [0.25, 0.3) is 0 Å². The molecule has 3 rings (SSSR count). The summed E-state index contributed by atoms with van der Waals surface area (Å²) in [7, 11) is 0. The van der Waals surface area contributed by atoms with Gasteiger partial charge in [0.2, 0.25) is 0 Å². The minimum Gasteiger partial charge on any atom is -0.378 e. The zero-order valence-electron chi connectivity index (χ0n) is 10.4. The number of morpholine rings is 1. The van der Waals surface area contributed by atoms with Gasteiger partial charge in [0, 0.05) is 18.8 Å². The van der Waals surface area contributed by atoms with E-state index in [9.17, 15) is 4.39 Å². The highest BCUT2D eigenvalue weighted by Crippen LogP contribution is 2.19. The van der Waals surface area contributed by atoms with Crippen molar-refractivity contribution in [2.75, 3.05) is 32.1 Å². The summed E-state index contributed by atoms with van der Waals surface area (Å²) in [6.07, 6.45) is 0. The molecule has 0 spiro atoms. The zero-order chi connectivity index (χ0) is 13.1. The van der Waals surface area contributed by atoms with E-state index in [4.69, 9.17) is 4.74 Å². The van der Waals surface area contributed by atoms with Crippen molar-refractivity contribution in [3.8, 4) is 0 Å². The van der Waals surface area contributed by atoms with E-state index < -0.39 is 0 Å². The molecule has 0 aromatic heterocycles. The second-order valence-corrected chi connectivity index (χ2v) is 5.27. The van der Waals surface area contributed by atoms with E-state index in [-0.39, 0.29) is 5.82 Å². The van der Waals surface area contributed by atoms with Crippen molar-refractivity contribution in [3.63, 3.8) is 0 Å². The molecular formula is C13H14FN3OS. The van der Waals surface area contributed by atoms with E-state index >= 15 is 0 Å². The van der Waals surface area contributed by atoms with Gasteiger partial charge in [0.05, 0.1) is 18.9 Å². The molecule has 0 N–H and O–H groups in total. The summed E-state index contributed by atoms with van der Waals surface area (Å²) in [5.41, 5.74) is 1.82. The normalized spacial score (nSPS) is 19.9. The summed E-state index contributed by atoms with van der Waals surface area (Å²) in [6, 6.07) is 6.38. The van der Waals surface area contributed by atoms with Gasteiger partial charge in [-0.05, 0) is 17.7 Å². The van der Waals surface area contributed by atoms with E-state index in [1.807, 2.05) is 0 Å². The van der Waals surface area contributed by atoms with E-state index in [1.54, 1.807) is 23.9 Å². The molecule has 1 fully saturated rings. The van der Waals surface area contributed by atoms with E-state index in [0.717, 1.165) is 48.5 Å². The largest absolute Gasteiger partial charge is 0.378 e. The van der Waals surface area contributed by atoms with Gasteiger partial charge in [-0.25, -0.2) is 4.39 Å². The van der Waals surface area contributed by atoms with Crippen molar-refractivity contribution < 1.29 is 9.13 Å². The van der Waals surface area contributed by atoms with Crippen LogP contribution < -0.4 is 0 Å². The first kappa shape index (κ1) is 12.6. The van der Waals surface area contributed by atoms with Gasteiger partial charge in [-0.15, -0.1) is 5.10 Å². The maximum absolute atomic E-state index is 12.9. The molecule has 1 aromatic carbocycles. The Bertz CT molecular complexity index is 509. The number of amidine groups is 1. The Hall–Kier alpha value is -1.40. The summed E-state index contributed by atoms with van der Waals surface area (Å²) in [5, 5.41) is 9.50. The summed E-state index contributed by atoms with van der Waals surface area (Å²) >= 11 is 1.67. The lowest BCUT2D eigenvalue weighted by Gasteiger charge is -2.29. The topological polar surface area (TPSA) is 37.2 Å². The van der Waals surface area contributed by atoms with Gasteiger partial charge in [-0.1, -0.05) is 23.9 Å². The van der Waals surface area contributed by atoms with E-state index in [1.165, 1.54) is 12.1 Å². The summed E-state index contributed by atoms with van der Waals surface area (Å²) < 4.78 is 18.2. The summed E-state index contributed by atoms with van der Waals surface area (Å²) in [4.78, 5) is 2.19. The maximum atomic E-state index is 12.9. The number of nitrogens with zero attached hydrogens (tertiary/aromatic N) is 3. The highest BCUT2D eigenvalue weighted by molar-refractivity contribution is 8.14. The Balaban J connectivity index is 1.74. The highest BCUT2D eigenvalue weighted by atomic mass is 32.2. The number of ether oxygens (including phenoxy) is 1. The number of rotatable bonds is 1. The van der Waals surface area contributed by atoms with Crippen molar-refractivity contribution in [3.05, 3.63) is 35.6 Å². The third-order valence-corrected chi connectivity index (χ3v) is 4.07. The van der Waals surface area contributed by atoms with Crippen LogP contribution >= 0.6 is 11.8 Å². The first-order valence-electron chi connectivity index (χ1n) is 6.19. The molecule has 0 aliphatic carbocycles. The minimum absolute atomic E-state index is 0.231. The van der Waals surface area contributed by atoms with Crippen molar-refractivity contribution in [1.29, 1.82) is 0 Å². The molecule has 0 unspecified atom stereocenters. The van der Waals surface area contributed by atoms with Gasteiger partial charge in [0.15, 0.2) is 5.17 Å². The molecule has 100 valence electrons. The van der Waals surface area contributed by atoms with Gasteiger partial charge in [-0.3, -0.25) is 0 Å². The fraction of sp³-hybridized carbons (Fsp3) is 0.385. The van der Waals surface area contributed by atoms with Gasteiger partial charge < -0.3 is 9.64 Å². The lowest BCUT2D eigenvalue weighted by Crippen LogP contribution is -2.40. The van der Waals surface area contributed by atoms with Crippen molar-refractivity contribution in [2.24, 2.45) is 10.2 Å². The van der Waals surface area contributed by atoms with Crippen LogP contribution in [0, 0.1) is 5.82 Å². The van der Waals surface area contributed by atoms with Crippen LogP contribution in [-0.2, 0) is 4.74 Å². The number of benzene rings is 1. The fourth-order valence-electron chi connectivity index (χ4n) is 1.99. The predicted octanol–water partition coefficient (Wildman–Crippen LogP) is 1.96. The molecule has 1 aromatic rings. The van der Waals surface area contributed by atoms with Crippen LogP contribution in [0.15, 0.2) is 34.5 Å². The van der Waals surface area contributed by atoms with Crippen LogP contribution in [0.2, 0.25) is 0 Å². The van der Waals surface area contributed by atoms with Gasteiger partial charge in [0.1, 0.15) is 5.82 Å². The molecule has 2 heterocycles. The van der Waals surface area contributed by atoms with Crippen LogP contribution in [0.4, 0.5) is 4.39 Å². The van der Waals surface area contributed by atoms with Crippen LogP contribution in [-0.4, -0.2) is 47.8 Å². The van der Waals surface area contributed by atoms with Crippen molar-refractivity contribution in [2.45, 2.75) is 0 Å². The third-order valence-electron chi connectivity index (χ3n) is 3.05. The molecular weight excluding hydrogens is 265 g/mol. The summed E-state index contributed by atoms with van der Waals surface area (Å²) in [6.45, 7) is 3.22. The zero-order valence-corrected chi connectivity index (χ0v) is 11.2. The molecule has 6 heteroatoms. The molecule has 4 nitrogen and oxygen atoms in total. The first-order chi connectivity index (χ1) is 9.33. The second kappa shape index (κ2) is 5.71. The Morgan fingerprint density at radius 3 is 2.47 bits per heavy atom. The van der Waals surface area contributed by atoms with Crippen LogP contribution in [0.25, 0.3) is 0 Å². The molecule has 0 atom stereocenters. The molecule has 2 aliphatic heterocycles. The molecule has 0 saturated carbocycles. The Labute approximate surface area is 115 Å².